The summed E-state index contributed by atoms with van der Waals surface area (Å²) >= 11 is 0. The quantitative estimate of drug-likeness (QED) is 0.792. The summed E-state index contributed by atoms with van der Waals surface area (Å²) in [5, 5.41) is 0. The number of hydrogen-bond donors (Lipinski definition) is 0. The van der Waals surface area contributed by atoms with Gasteiger partial charge in [0.2, 0.25) is 12.7 Å². The van der Waals surface area contributed by atoms with Crippen molar-refractivity contribution in [2.75, 3.05) is 26.5 Å². The molecule has 0 unspecified atom stereocenters. The molecule has 3 aliphatic rings. The second kappa shape index (κ2) is 6.54. The van der Waals surface area contributed by atoms with Gasteiger partial charge in [0.05, 0.1) is 18.7 Å². The van der Waals surface area contributed by atoms with Gasteiger partial charge in [0.1, 0.15) is 12.4 Å². The summed E-state index contributed by atoms with van der Waals surface area (Å²) < 4.78 is 18.6. The number of aromatic nitrogens is 2. The number of carbonyl (C=O) groups is 1. The Kier molecular flexibility index (Phi) is 4.02. The van der Waals surface area contributed by atoms with Crippen molar-refractivity contribution in [3.8, 4) is 11.5 Å². The Morgan fingerprint density at radius 2 is 2.07 bits per heavy atom. The molecule has 1 aromatic heterocycles. The first-order valence-electron chi connectivity index (χ1n) is 9.15. The van der Waals surface area contributed by atoms with Crippen LogP contribution in [0.4, 0.5) is 0 Å². The van der Waals surface area contributed by atoms with Crippen molar-refractivity contribution >= 4 is 5.91 Å². The van der Waals surface area contributed by atoms with E-state index >= 15 is 0 Å². The van der Waals surface area contributed by atoms with E-state index in [1.807, 2.05) is 34.8 Å². The number of amides is 1. The summed E-state index contributed by atoms with van der Waals surface area (Å²) in [7, 11) is 1.95. The van der Waals surface area contributed by atoms with Crippen molar-refractivity contribution in [2.45, 2.75) is 25.2 Å². The Bertz CT molecular complexity index is 867. The molecule has 142 valence electrons. The summed E-state index contributed by atoms with van der Waals surface area (Å²) in [5.41, 5.74) is 1.17. The molecule has 0 radical (unpaired) electrons. The molecule has 2 atom stereocenters. The maximum Gasteiger partial charge on any atom is 0.249 e. The monoisotopic (exact) mass is 370 g/mol. The molecular weight excluding hydrogens is 348 g/mol. The molecule has 5 rings (SSSR count). The number of ether oxygens (including phenoxy) is 3. The number of imidazole rings is 1. The fourth-order valence-corrected chi connectivity index (χ4v) is 4.08. The highest BCUT2D eigenvalue weighted by Gasteiger charge is 2.43. The number of aryl methyl sites for hydroxylation is 1. The first-order chi connectivity index (χ1) is 13.2. The first-order valence-corrected chi connectivity index (χ1v) is 9.15. The van der Waals surface area contributed by atoms with Crippen molar-refractivity contribution in [3.05, 3.63) is 42.0 Å². The summed E-state index contributed by atoms with van der Waals surface area (Å²) in [6.07, 6.45) is 3.70. The highest BCUT2D eigenvalue weighted by molar-refractivity contribution is 5.78. The Morgan fingerprint density at radius 3 is 2.93 bits per heavy atom. The Morgan fingerprint density at radius 1 is 1.19 bits per heavy atom. The third-order valence-corrected chi connectivity index (χ3v) is 5.53. The van der Waals surface area contributed by atoms with E-state index < -0.39 is 0 Å². The second-order valence-electron chi connectivity index (χ2n) is 7.27. The lowest BCUT2D eigenvalue weighted by atomic mass is 10.1. The van der Waals surface area contributed by atoms with Crippen LogP contribution in [-0.2, 0) is 29.7 Å². The highest BCUT2D eigenvalue weighted by Crippen LogP contribution is 2.33. The number of benzene rings is 1. The zero-order valence-electron chi connectivity index (χ0n) is 15.2. The van der Waals surface area contributed by atoms with Gasteiger partial charge in [-0.2, -0.15) is 0 Å². The van der Waals surface area contributed by atoms with E-state index in [0.717, 1.165) is 37.0 Å². The van der Waals surface area contributed by atoms with E-state index in [1.54, 1.807) is 6.20 Å². The molecule has 4 heterocycles. The lowest BCUT2D eigenvalue weighted by molar-refractivity contribution is -0.154. The van der Waals surface area contributed by atoms with Gasteiger partial charge in [-0.25, -0.2) is 4.98 Å². The fourth-order valence-electron chi connectivity index (χ4n) is 4.08. The minimum atomic E-state index is 0.0316. The van der Waals surface area contributed by atoms with Crippen LogP contribution in [0.15, 0.2) is 30.6 Å². The maximum absolute atomic E-state index is 12.5. The largest absolute Gasteiger partial charge is 0.454 e. The van der Waals surface area contributed by atoms with Crippen LogP contribution in [0.25, 0.3) is 0 Å². The van der Waals surface area contributed by atoms with Crippen molar-refractivity contribution in [1.82, 2.24) is 19.4 Å². The van der Waals surface area contributed by atoms with Gasteiger partial charge < -0.3 is 23.7 Å². The molecular formula is C19H22N4O4. The standard InChI is InChI=1S/C19H22N4O4/c1-21-5-4-20-18(21)10-23-14-8-22(9-17(14)25-11-19(23)24)7-13-2-3-15-16(6-13)27-12-26-15/h2-6,14,17H,7-12H2,1H3/t14-,17+/m1/s1. The van der Waals surface area contributed by atoms with Crippen LogP contribution in [-0.4, -0.2) is 63.9 Å². The molecule has 8 nitrogen and oxygen atoms in total. The normalized spacial score (nSPS) is 24.5. The molecule has 0 saturated carbocycles. The second-order valence-corrected chi connectivity index (χ2v) is 7.27. The number of hydrogen-bond acceptors (Lipinski definition) is 6. The van der Waals surface area contributed by atoms with Crippen molar-refractivity contribution in [3.63, 3.8) is 0 Å². The van der Waals surface area contributed by atoms with Gasteiger partial charge in [0.25, 0.3) is 0 Å². The lowest BCUT2D eigenvalue weighted by Gasteiger charge is -2.36. The molecule has 27 heavy (non-hydrogen) atoms. The van der Waals surface area contributed by atoms with Gasteiger partial charge in [-0.1, -0.05) is 6.07 Å². The molecule has 0 bridgehead atoms. The topological polar surface area (TPSA) is 69.1 Å². The van der Waals surface area contributed by atoms with Gasteiger partial charge in [-0.05, 0) is 17.7 Å². The molecule has 0 N–H and O–H groups in total. The molecule has 2 fully saturated rings. The molecule has 8 heteroatoms. The van der Waals surface area contributed by atoms with E-state index in [1.165, 1.54) is 5.56 Å². The van der Waals surface area contributed by atoms with Crippen molar-refractivity contribution in [2.24, 2.45) is 7.05 Å². The van der Waals surface area contributed by atoms with E-state index in [9.17, 15) is 4.79 Å². The van der Waals surface area contributed by atoms with Gasteiger partial charge in [0.15, 0.2) is 11.5 Å². The van der Waals surface area contributed by atoms with E-state index in [4.69, 9.17) is 14.2 Å². The summed E-state index contributed by atoms with van der Waals surface area (Å²) in [5.74, 6) is 2.51. The highest BCUT2D eigenvalue weighted by atomic mass is 16.7. The number of morpholine rings is 1. The Balaban J connectivity index is 1.30. The lowest BCUT2D eigenvalue weighted by Crippen LogP contribution is -2.53. The van der Waals surface area contributed by atoms with E-state index in [-0.39, 0.29) is 31.5 Å². The molecule has 2 aromatic rings. The third kappa shape index (κ3) is 3.04. The van der Waals surface area contributed by atoms with Crippen LogP contribution in [0.5, 0.6) is 11.5 Å². The van der Waals surface area contributed by atoms with Crippen LogP contribution in [0.1, 0.15) is 11.4 Å². The van der Waals surface area contributed by atoms with Crippen LogP contribution < -0.4 is 9.47 Å². The Hall–Kier alpha value is -2.58. The summed E-state index contributed by atoms with van der Waals surface area (Å²) in [6.45, 7) is 3.33. The first kappa shape index (κ1) is 16.6. The predicted octanol–water partition coefficient (Wildman–Crippen LogP) is 0.761. The zero-order valence-corrected chi connectivity index (χ0v) is 15.2. The minimum Gasteiger partial charge on any atom is -0.454 e. The molecule has 0 aliphatic carbocycles. The average Bonchev–Trinajstić information content (AvgIpc) is 3.37. The summed E-state index contributed by atoms with van der Waals surface area (Å²) in [6, 6.07) is 6.10. The predicted molar refractivity (Wildman–Crippen MR) is 95.1 cm³/mol. The number of fused-ring (bicyclic) bond motifs is 2. The van der Waals surface area contributed by atoms with E-state index in [2.05, 4.69) is 16.0 Å². The van der Waals surface area contributed by atoms with Crippen molar-refractivity contribution in [1.29, 1.82) is 0 Å². The fraction of sp³-hybridized carbons (Fsp3) is 0.474. The molecule has 1 amide bonds. The van der Waals surface area contributed by atoms with Crippen molar-refractivity contribution < 1.29 is 19.0 Å². The summed E-state index contributed by atoms with van der Waals surface area (Å²) in [4.78, 5) is 21.1. The van der Waals surface area contributed by atoms with Gasteiger partial charge in [-0.3, -0.25) is 9.69 Å². The maximum atomic E-state index is 12.5. The van der Waals surface area contributed by atoms with Gasteiger partial charge in [-0.15, -0.1) is 0 Å². The number of likely N-dealkylation sites (tertiary alicyclic amines) is 1. The van der Waals surface area contributed by atoms with Crippen LogP contribution in [0.2, 0.25) is 0 Å². The van der Waals surface area contributed by atoms with Gasteiger partial charge >= 0.3 is 0 Å². The SMILES string of the molecule is Cn1ccnc1CN1C(=O)CO[C@H]2CN(Cc3ccc4c(c3)OCO4)C[C@H]21. The molecule has 2 saturated heterocycles. The smallest absolute Gasteiger partial charge is 0.249 e. The van der Waals surface area contributed by atoms with Crippen LogP contribution in [0, 0.1) is 0 Å². The molecule has 0 spiro atoms. The Labute approximate surface area is 157 Å². The molecule has 3 aliphatic heterocycles. The third-order valence-electron chi connectivity index (χ3n) is 5.53. The number of nitrogens with zero attached hydrogens (tertiary/aromatic N) is 4. The van der Waals surface area contributed by atoms with Crippen LogP contribution in [0.3, 0.4) is 0 Å². The minimum absolute atomic E-state index is 0.0316. The number of carbonyl (C=O) groups excluding carboxylic acids is 1. The van der Waals surface area contributed by atoms with Gasteiger partial charge in [0, 0.05) is 39.1 Å². The number of rotatable bonds is 4. The van der Waals surface area contributed by atoms with E-state index in [0.29, 0.717) is 6.54 Å². The zero-order chi connectivity index (χ0) is 18.4. The molecule has 1 aromatic carbocycles. The van der Waals surface area contributed by atoms with Crippen LogP contribution >= 0.6 is 0 Å². The average molecular weight is 370 g/mol.